The minimum atomic E-state index is -0.935. The zero-order chi connectivity index (χ0) is 24.1. The average Bonchev–Trinajstić information content (AvgIpc) is 2.79. The fourth-order valence-corrected chi connectivity index (χ4v) is 1.35. The molecular weight excluding hydrogens is 394 g/mol. The summed E-state index contributed by atoms with van der Waals surface area (Å²) < 4.78 is 4.46. The Bertz CT molecular complexity index is 759. The third-order valence-electron chi connectivity index (χ3n) is 2.97. The van der Waals surface area contributed by atoms with Crippen LogP contribution in [0.15, 0.2) is 92.2 Å². The summed E-state index contributed by atoms with van der Waals surface area (Å²) in [6, 6.07) is 15.8. The lowest BCUT2D eigenvalue weighted by Crippen LogP contribution is -2.08. The van der Waals surface area contributed by atoms with E-state index in [4.69, 9.17) is 10.2 Å². The van der Waals surface area contributed by atoms with Gasteiger partial charge < -0.3 is 14.9 Å². The van der Waals surface area contributed by atoms with Gasteiger partial charge in [0.2, 0.25) is 0 Å². The summed E-state index contributed by atoms with van der Waals surface area (Å²) in [4.78, 5) is 24.0. The first-order valence-electron chi connectivity index (χ1n) is 9.22. The van der Waals surface area contributed by atoms with Crippen molar-refractivity contribution in [2.24, 2.45) is 0 Å². The monoisotopic (exact) mass is 425 g/mol. The molecule has 0 spiro atoms. The van der Waals surface area contributed by atoms with Gasteiger partial charge in [-0.1, -0.05) is 68.8 Å². The highest BCUT2D eigenvalue weighted by molar-refractivity contribution is 5.86. The van der Waals surface area contributed by atoms with E-state index in [1.165, 1.54) is 12.5 Å². The summed E-state index contributed by atoms with van der Waals surface area (Å²) in [5.41, 5.74) is 2.62. The molecular formula is C25H31NO5. The Hall–Kier alpha value is -3.77. The molecule has 0 amide bonds. The van der Waals surface area contributed by atoms with E-state index in [0.717, 1.165) is 5.69 Å². The predicted octanol–water partition coefficient (Wildman–Crippen LogP) is 4.80. The van der Waals surface area contributed by atoms with Gasteiger partial charge in [0.15, 0.2) is 0 Å². The van der Waals surface area contributed by atoms with Gasteiger partial charge in [0.05, 0.1) is 12.3 Å². The zero-order valence-electron chi connectivity index (χ0n) is 18.2. The molecule has 31 heavy (non-hydrogen) atoms. The largest absolute Gasteiger partial charge is 0.478 e. The Balaban J connectivity index is 0. The number of carbonyl (C=O) groups excluding carboxylic acids is 1. The molecule has 1 aromatic carbocycles. The summed E-state index contributed by atoms with van der Waals surface area (Å²) in [5.74, 6) is -1.39. The molecule has 0 aliphatic rings. The average molecular weight is 426 g/mol. The molecule has 0 unspecified atom stereocenters. The van der Waals surface area contributed by atoms with Crippen LogP contribution in [0.4, 0.5) is 0 Å². The van der Waals surface area contributed by atoms with Crippen LogP contribution in [-0.2, 0) is 14.3 Å². The van der Waals surface area contributed by atoms with Crippen molar-refractivity contribution in [1.29, 1.82) is 0 Å². The molecule has 6 heteroatoms. The minimum absolute atomic E-state index is 0.0473. The second-order valence-electron chi connectivity index (χ2n) is 5.80. The smallest absolute Gasteiger partial charge is 0.333 e. The molecule has 0 radical (unpaired) electrons. The standard InChI is InChI=1S/C8H8.C7H7N.C6H10O3.C4H6O2/c1-2-8-6-4-3-5-7-8;1-2-7-5-3-4-6-8-7;1-5(2)6(8)9-4-3-7;1-3(2)4(5)6/h2-7H,1H2;2-6H,1H2;7H,1,3-4H2,2H3;1H2,2H3,(H,5,6). The first kappa shape index (κ1) is 29.4. The van der Waals surface area contributed by atoms with Crippen molar-refractivity contribution in [3.05, 3.63) is 103 Å². The highest BCUT2D eigenvalue weighted by atomic mass is 16.5. The molecule has 0 aliphatic heterocycles. The summed E-state index contributed by atoms with van der Waals surface area (Å²) in [7, 11) is 0. The fourth-order valence-electron chi connectivity index (χ4n) is 1.35. The van der Waals surface area contributed by atoms with E-state index in [-0.39, 0.29) is 18.8 Å². The number of hydrogen-bond donors (Lipinski definition) is 2. The van der Waals surface area contributed by atoms with Crippen LogP contribution in [0.2, 0.25) is 0 Å². The number of aliphatic carboxylic acids is 1. The highest BCUT2D eigenvalue weighted by Crippen LogP contribution is 1.97. The molecule has 0 fully saturated rings. The van der Waals surface area contributed by atoms with Crippen molar-refractivity contribution in [1.82, 2.24) is 4.98 Å². The van der Waals surface area contributed by atoms with Crippen molar-refractivity contribution >= 4 is 24.1 Å². The van der Waals surface area contributed by atoms with Gasteiger partial charge in [-0.05, 0) is 37.6 Å². The minimum Gasteiger partial charge on any atom is -0.478 e. The van der Waals surface area contributed by atoms with Crippen LogP contribution in [0.25, 0.3) is 12.2 Å². The molecule has 0 atom stereocenters. The van der Waals surface area contributed by atoms with Crippen molar-refractivity contribution in [2.45, 2.75) is 13.8 Å². The quantitative estimate of drug-likeness (QED) is 0.510. The maximum atomic E-state index is 10.5. The van der Waals surface area contributed by atoms with E-state index >= 15 is 0 Å². The molecule has 0 aliphatic carbocycles. The number of carbonyl (C=O) groups is 2. The first-order valence-corrected chi connectivity index (χ1v) is 9.22. The number of rotatable bonds is 6. The maximum Gasteiger partial charge on any atom is 0.333 e. The third kappa shape index (κ3) is 19.3. The molecule has 166 valence electrons. The molecule has 2 aromatic rings. The van der Waals surface area contributed by atoms with Crippen LogP contribution < -0.4 is 0 Å². The van der Waals surface area contributed by atoms with Crippen LogP contribution in [0.3, 0.4) is 0 Å². The lowest BCUT2D eigenvalue weighted by atomic mass is 10.2. The second kappa shape index (κ2) is 19.5. The van der Waals surface area contributed by atoms with Crippen molar-refractivity contribution < 1.29 is 24.5 Å². The molecule has 6 nitrogen and oxygen atoms in total. The van der Waals surface area contributed by atoms with Crippen LogP contribution in [0.5, 0.6) is 0 Å². The number of carboxylic acid groups (broad SMARTS) is 1. The molecule has 0 saturated heterocycles. The van der Waals surface area contributed by atoms with E-state index in [1.54, 1.807) is 19.2 Å². The zero-order valence-corrected chi connectivity index (χ0v) is 18.2. The Morgan fingerprint density at radius 1 is 0.968 bits per heavy atom. The van der Waals surface area contributed by atoms with E-state index < -0.39 is 11.9 Å². The van der Waals surface area contributed by atoms with Crippen LogP contribution in [0, 0.1) is 0 Å². The molecule has 0 saturated carbocycles. The molecule has 2 N–H and O–H groups in total. The number of aromatic nitrogens is 1. The normalized spacial score (nSPS) is 8.35. The SMILES string of the molecule is C=C(C)C(=O)O.C=C(C)C(=O)OCCO.C=Cc1ccccc1.C=Cc1ccccn1. The van der Waals surface area contributed by atoms with Gasteiger partial charge in [-0.3, -0.25) is 4.98 Å². The number of aliphatic hydroxyl groups excluding tert-OH is 1. The van der Waals surface area contributed by atoms with Crippen LogP contribution in [-0.4, -0.2) is 40.3 Å². The number of ether oxygens (including phenoxy) is 1. The lowest BCUT2D eigenvalue weighted by Gasteiger charge is -1.99. The van der Waals surface area contributed by atoms with Gasteiger partial charge in [0.1, 0.15) is 6.61 Å². The first-order chi connectivity index (χ1) is 14.7. The number of carboxylic acids is 1. The second-order valence-corrected chi connectivity index (χ2v) is 5.80. The number of hydrogen-bond acceptors (Lipinski definition) is 5. The fraction of sp³-hybridized carbons (Fsp3) is 0.160. The van der Waals surface area contributed by atoms with Gasteiger partial charge in [0.25, 0.3) is 0 Å². The number of aliphatic hydroxyl groups is 1. The van der Waals surface area contributed by atoms with Gasteiger partial charge in [-0.2, -0.15) is 0 Å². The van der Waals surface area contributed by atoms with E-state index in [9.17, 15) is 9.59 Å². The van der Waals surface area contributed by atoms with Gasteiger partial charge >= 0.3 is 11.9 Å². The van der Waals surface area contributed by atoms with Gasteiger partial charge in [-0.25, -0.2) is 9.59 Å². The Kier molecular flexibility index (Phi) is 18.6. The Morgan fingerprint density at radius 2 is 1.52 bits per heavy atom. The van der Waals surface area contributed by atoms with E-state index in [0.29, 0.717) is 5.57 Å². The summed E-state index contributed by atoms with van der Waals surface area (Å²) in [5, 5.41) is 16.1. The summed E-state index contributed by atoms with van der Waals surface area (Å²) in [6.07, 6.45) is 5.30. The van der Waals surface area contributed by atoms with E-state index in [1.807, 2.05) is 54.6 Å². The number of nitrogens with zero attached hydrogens (tertiary/aromatic N) is 1. The Morgan fingerprint density at radius 3 is 1.81 bits per heavy atom. The molecule has 0 bridgehead atoms. The van der Waals surface area contributed by atoms with E-state index in [2.05, 4.69) is 36.0 Å². The summed E-state index contributed by atoms with van der Waals surface area (Å²) in [6.45, 7) is 16.6. The van der Waals surface area contributed by atoms with Crippen molar-refractivity contribution in [2.75, 3.05) is 13.2 Å². The maximum absolute atomic E-state index is 10.5. The predicted molar refractivity (Wildman–Crippen MR) is 126 cm³/mol. The van der Waals surface area contributed by atoms with Gasteiger partial charge in [0, 0.05) is 17.3 Å². The topological polar surface area (TPSA) is 96.7 Å². The van der Waals surface area contributed by atoms with Gasteiger partial charge in [-0.15, -0.1) is 0 Å². The third-order valence-corrected chi connectivity index (χ3v) is 2.97. The highest BCUT2D eigenvalue weighted by Gasteiger charge is 1.99. The van der Waals surface area contributed by atoms with Crippen molar-refractivity contribution in [3.8, 4) is 0 Å². The lowest BCUT2D eigenvalue weighted by molar-refractivity contribution is -0.140. The molecule has 2 rings (SSSR count). The number of pyridine rings is 1. The summed E-state index contributed by atoms with van der Waals surface area (Å²) >= 11 is 0. The van der Waals surface area contributed by atoms with Crippen LogP contribution in [0.1, 0.15) is 25.1 Å². The molecule has 1 heterocycles. The van der Waals surface area contributed by atoms with Crippen LogP contribution >= 0.6 is 0 Å². The molecule has 1 aromatic heterocycles. The Labute approximate surface area is 184 Å². The number of esters is 1. The number of benzene rings is 1. The van der Waals surface area contributed by atoms with Crippen molar-refractivity contribution in [3.63, 3.8) is 0 Å².